The molecule has 0 spiro atoms. The van der Waals surface area contributed by atoms with Crippen LogP contribution in [0, 0.1) is 6.92 Å². The molecule has 4 aromatic rings. The van der Waals surface area contributed by atoms with E-state index in [0.29, 0.717) is 6.04 Å². The standard InChI is InChI=1S/C24H24N4/c1-16-25-21(23-14-18-9-4-6-13-22(18)28(23)2)15-24(26-16)27-20-12-7-10-17-8-3-5-11-19(17)20/h3-6,8-9,11,13-15,20H,7,10,12H2,1-2H3,(H,25,26,27). The molecule has 0 aliphatic heterocycles. The maximum Gasteiger partial charge on any atom is 0.130 e. The molecule has 1 atom stereocenters. The van der Waals surface area contributed by atoms with Crippen LogP contribution in [0.25, 0.3) is 22.3 Å². The van der Waals surface area contributed by atoms with Crippen molar-refractivity contribution >= 4 is 16.7 Å². The number of fused-ring (bicyclic) bond motifs is 2. The first-order chi connectivity index (χ1) is 13.7. The summed E-state index contributed by atoms with van der Waals surface area (Å²) in [5.41, 5.74) is 6.13. The molecule has 2 aromatic carbocycles. The lowest BCUT2D eigenvalue weighted by Crippen LogP contribution is -2.18. The average molecular weight is 368 g/mol. The number of benzene rings is 2. The third kappa shape index (κ3) is 2.95. The lowest BCUT2D eigenvalue weighted by Gasteiger charge is -2.27. The van der Waals surface area contributed by atoms with Crippen molar-refractivity contribution in [3.63, 3.8) is 0 Å². The number of rotatable bonds is 3. The van der Waals surface area contributed by atoms with Gasteiger partial charge in [-0.3, -0.25) is 0 Å². The molecule has 0 bridgehead atoms. The molecule has 4 heteroatoms. The molecule has 0 radical (unpaired) electrons. The third-order valence-corrected chi connectivity index (χ3v) is 5.74. The van der Waals surface area contributed by atoms with Gasteiger partial charge in [-0.1, -0.05) is 42.5 Å². The smallest absolute Gasteiger partial charge is 0.130 e. The minimum absolute atomic E-state index is 0.305. The molecule has 0 saturated heterocycles. The maximum atomic E-state index is 4.73. The lowest BCUT2D eigenvalue weighted by molar-refractivity contribution is 0.598. The summed E-state index contributed by atoms with van der Waals surface area (Å²) in [4.78, 5) is 9.40. The van der Waals surface area contributed by atoms with Crippen LogP contribution in [-0.4, -0.2) is 14.5 Å². The van der Waals surface area contributed by atoms with Crippen molar-refractivity contribution in [1.29, 1.82) is 0 Å². The van der Waals surface area contributed by atoms with Crippen molar-refractivity contribution in [1.82, 2.24) is 14.5 Å². The van der Waals surface area contributed by atoms with Crippen molar-refractivity contribution in [2.24, 2.45) is 7.05 Å². The van der Waals surface area contributed by atoms with Crippen molar-refractivity contribution in [2.75, 3.05) is 5.32 Å². The van der Waals surface area contributed by atoms with Gasteiger partial charge in [-0.15, -0.1) is 0 Å². The Morgan fingerprint density at radius 2 is 1.82 bits per heavy atom. The van der Waals surface area contributed by atoms with E-state index in [0.717, 1.165) is 29.5 Å². The van der Waals surface area contributed by atoms with Crippen LogP contribution in [0.1, 0.15) is 35.8 Å². The average Bonchev–Trinajstić information content (AvgIpc) is 3.05. The Bertz CT molecular complexity index is 1160. The van der Waals surface area contributed by atoms with Crippen LogP contribution in [0.5, 0.6) is 0 Å². The summed E-state index contributed by atoms with van der Waals surface area (Å²) in [7, 11) is 2.10. The van der Waals surface area contributed by atoms with E-state index in [9.17, 15) is 0 Å². The van der Waals surface area contributed by atoms with Gasteiger partial charge in [0.1, 0.15) is 11.6 Å². The molecule has 0 fully saturated rings. The molecule has 2 aromatic heterocycles. The maximum absolute atomic E-state index is 4.73. The number of aromatic nitrogens is 3. The number of hydrogen-bond donors (Lipinski definition) is 1. The first kappa shape index (κ1) is 17.0. The Morgan fingerprint density at radius 1 is 1.00 bits per heavy atom. The molecule has 1 aliphatic carbocycles. The van der Waals surface area contributed by atoms with Crippen molar-refractivity contribution in [2.45, 2.75) is 32.2 Å². The number of anilines is 1. The summed E-state index contributed by atoms with van der Waals surface area (Å²) in [5, 5.41) is 4.91. The number of para-hydroxylation sites is 1. The predicted octanol–water partition coefficient (Wildman–Crippen LogP) is 5.43. The highest BCUT2D eigenvalue weighted by atomic mass is 15.1. The van der Waals surface area contributed by atoms with Gasteiger partial charge >= 0.3 is 0 Å². The van der Waals surface area contributed by atoms with Gasteiger partial charge in [0.2, 0.25) is 0 Å². The first-order valence-corrected chi connectivity index (χ1v) is 9.94. The summed E-state index contributed by atoms with van der Waals surface area (Å²) in [6.45, 7) is 1.96. The quantitative estimate of drug-likeness (QED) is 0.524. The number of nitrogens with one attached hydrogen (secondary N) is 1. The molecular weight excluding hydrogens is 344 g/mol. The van der Waals surface area contributed by atoms with E-state index in [1.165, 1.54) is 34.9 Å². The molecule has 140 valence electrons. The zero-order chi connectivity index (χ0) is 19.1. The van der Waals surface area contributed by atoms with E-state index >= 15 is 0 Å². The van der Waals surface area contributed by atoms with Gasteiger partial charge in [-0.2, -0.15) is 0 Å². The van der Waals surface area contributed by atoms with Crippen LogP contribution in [0.3, 0.4) is 0 Å². The van der Waals surface area contributed by atoms with Gasteiger partial charge in [-0.05, 0) is 49.4 Å². The fourth-order valence-electron chi connectivity index (χ4n) is 4.39. The van der Waals surface area contributed by atoms with E-state index in [-0.39, 0.29) is 0 Å². The zero-order valence-electron chi connectivity index (χ0n) is 16.3. The second kappa shape index (κ2) is 6.79. The molecule has 5 rings (SSSR count). The van der Waals surface area contributed by atoms with Crippen LogP contribution in [0.4, 0.5) is 5.82 Å². The molecule has 0 saturated carbocycles. The molecule has 4 nitrogen and oxygen atoms in total. The lowest BCUT2D eigenvalue weighted by atomic mass is 9.88. The van der Waals surface area contributed by atoms with Gasteiger partial charge < -0.3 is 9.88 Å². The van der Waals surface area contributed by atoms with E-state index in [2.05, 4.69) is 82.6 Å². The van der Waals surface area contributed by atoms with Gasteiger partial charge in [0.15, 0.2) is 0 Å². The highest BCUT2D eigenvalue weighted by Gasteiger charge is 2.20. The summed E-state index contributed by atoms with van der Waals surface area (Å²) >= 11 is 0. The van der Waals surface area contributed by atoms with E-state index in [1.54, 1.807) is 0 Å². The van der Waals surface area contributed by atoms with E-state index in [4.69, 9.17) is 4.98 Å². The predicted molar refractivity (Wildman–Crippen MR) is 114 cm³/mol. The highest BCUT2D eigenvalue weighted by Crippen LogP contribution is 2.33. The van der Waals surface area contributed by atoms with Crippen molar-refractivity contribution < 1.29 is 0 Å². The van der Waals surface area contributed by atoms with Crippen LogP contribution < -0.4 is 5.32 Å². The van der Waals surface area contributed by atoms with Crippen LogP contribution >= 0.6 is 0 Å². The zero-order valence-corrected chi connectivity index (χ0v) is 16.3. The molecule has 0 amide bonds. The second-order valence-electron chi connectivity index (χ2n) is 7.62. The molecule has 1 N–H and O–H groups in total. The van der Waals surface area contributed by atoms with E-state index in [1.807, 2.05) is 6.92 Å². The summed E-state index contributed by atoms with van der Waals surface area (Å²) in [5.74, 6) is 1.68. The summed E-state index contributed by atoms with van der Waals surface area (Å²) in [6.07, 6.45) is 3.50. The minimum atomic E-state index is 0.305. The first-order valence-electron chi connectivity index (χ1n) is 9.94. The molecule has 2 heterocycles. The van der Waals surface area contributed by atoms with E-state index < -0.39 is 0 Å². The number of nitrogens with zero attached hydrogens (tertiary/aromatic N) is 3. The Morgan fingerprint density at radius 3 is 2.71 bits per heavy atom. The number of hydrogen-bond acceptors (Lipinski definition) is 3. The largest absolute Gasteiger partial charge is 0.363 e. The topological polar surface area (TPSA) is 42.7 Å². The van der Waals surface area contributed by atoms with Crippen LogP contribution in [0.2, 0.25) is 0 Å². The Hall–Kier alpha value is -3.14. The Labute approximate surface area is 165 Å². The highest BCUT2D eigenvalue weighted by molar-refractivity contribution is 5.86. The second-order valence-corrected chi connectivity index (χ2v) is 7.62. The van der Waals surface area contributed by atoms with Crippen molar-refractivity contribution in [3.05, 3.63) is 77.6 Å². The van der Waals surface area contributed by atoms with Gasteiger partial charge in [0.25, 0.3) is 0 Å². The molecule has 28 heavy (non-hydrogen) atoms. The molecule has 1 unspecified atom stereocenters. The molecule has 1 aliphatic rings. The normalized spacial score (nSPS) is 16.1. The molecular formula is C24H24N4. The van der Waals surface area contributed by atoms with Gasteiger partial charge in [-0.25, -0.2) is 9.97 Å². The van der Waals surface area contributed by atoms with Crippen LogP contribution in [0.15, 0.2) is 60.7 Å². The van der Waals surface area contributed by atoms with Gasteiger partial charge in [0.05, 0.1) is 17.4 Å². The van der Waals surface area contributed by atoms with Crippen LogP contribution in [-0.2, 0) is 13.5 Å². The SMILES string of the molecule is Cc1nc(NC2CCCc3ccccc32)cc(-c2cc3ccccc3n2C)n1. The minimum Gasteiger partial charge on any atom is -0.363 e. The Kier molecular flexibility index (Phi) is 4.12. The fraction of sp³-hybridized carbons (Fsp3) is 0.250. The third-order valence-electron chi connectivity index (χ3n) is 5.74. The summed E-state index contributed by atoms with van der Waals surface area (Å²) < 4.78 is 2.21. The monoisotopic (exact) mass is 368 g/mol. The fourth-order valence-corrected chi connectivity index (χ4v) is 4.39. The summed E-state index contributed by atoms with van der Waals surface area (Å²) in [6, 6.07) is 21.8. The number of aryl methyl sites for hydroxylation is 3. The van der Waals surface area contributed by atoms with Gasteiger partial charge in [0, 0.05) is 24.0 Å². The van der Waals surface area contributed by atoms with Crippen molar-refractivity contribution in [3.8, 4) is 11.4 Å². The Balaban J connectivity index is 1.53.